The molecule has 1 aliphatic heterocycles. The number of piperazine rings is 1. The van der Waals surface area contributed by atoms with Gasteiger partial charge in [-0.2, -0.15) is 5.10 Å². The van der Waals surface area contributed by atoms with Gasteiger partial charge in [0.25, 0.3) is 5.69 Å². The van der Waals surface area contributed by atoms with Crippen LogP contribution in [0.15, 0.2) is 24.5 Å². The first kappa shape index (κ1) is 15.9. The number of hydrogen-bond donors (Lipinski definition) is 0. The average molecular weight is 356 g/mol. The predicted molar refractivity (Wildman–Crippen MR) is 90.8 cm³/mol. The summed E-state index contributed by atoms with van der Waals surface area (Å²) in [5.41, 5.74) is 1.63. The summed E-state index contributed by atoms with van der Waals surface area (Å²) in [6, 6.07) is 2.69. The molecule has 0 amide bonds. The molecular weight excluding hydrogens is 341 g/mol. The number of rotatable bonds is 3. The van der Waals surface area contributed by atoms with Crippen molar-refractivity contribution < 1.29 is 4.92 Å². The predicted octanol–water partition coefficient (Wildman–Crippen LogP) is 2.96. The first-order chi connectivity index (χ1) is 11.0. The Morgan fingerprint density at radius 1 is 1.13 bits per heavy atom. The molecule has 0 bridgehead atoms. The number of non-ortho nitro benzene ring substituents is 1. The normalized spacial score (nSPS) is 15.1. The molecule has 0 atom stereocenters. The van der Waals surface area contributed by atoms with Gasteiger partial charge >= 0.3 is 0 Å². The maximum Gasteiger partial charge on any atom is 0.272 e. The molecule has 1 aliphatic rings. The summed E-state index contributed by atoms with van der Waals surface area (Å²) >= 11 is 12.4. The van der Waals surface area contributed by atoms with E-state index in [0.29, 0.717) is 15.7 Å². The molecule has 2 heterocycles. The van der Waals surface area contributed by atoms with Crippen LogP contribution in [-0.2, 0) is 7.05 Å². The number of nitrogens with zero attached hydrogens (tertiary/aromatic N) is 5. The Balaban J connectivity index is 1.76. The van der Waals surface area contributed by atoms with Gasteiger partial charge in [-0.25, -0.2) is 0 Å². The van der Waals surface area contributed by atoms with Gasteiger partial charge in [0.1, 0.15) is 0 Å². The maximum atomic E-state index is 10.9. The molecule has 3 rings (SSSR count). The van der Waals surface area contributed by atoms with Crippen LogP contribution in [0, 0.1) is 10.1 Å². The summed E-state index contributed by atoms with van der Waals surface area (Å²) in [7, 11) is 1.89. The molecule has 1 fully saturated rings. The third-order valence-corrected chi connectivity index (χ3v) is 4.44. The van der Waals surface area contributed by atoms with Gasteiger partial charge in [0.05, 0.1) is 32.5 Å². The Morgan fingerprint density at radius 3 is 2.17 bits per heavy atom. The summed E-state index contributed by atoms with van der Waals surface area (Å²) < 4.78 is 1.77. The van der Waals surface area contributed by atoms with Gasteiger partial charge < -0.3 is 9.80 Å². The van der Waals surface area contributed by atoms with Gasteiger partial charge in [-0.3, -0.25) is 14.8 Å². The molecular formula is C14H15Cl2N5O2. The van der Waals surface area contributed by atoms with Crippen LogP contribution in [0.5, 0.6) is 0 Å². The third kappa shape index (κ3) is 3.20. The second-order valence-corrected chi connectivity index (χ2v) is 6.18. The van der Waals surface area contributed by atoms with Gasteiger partial charge in [-0.05, 0) is 0 Å². The number of nitro groups is 1. The summed E-state index contributed by atoms with van der Waals surface area (Å²) in [5, 5.41) is 15.6. The molecule has 0 N–H and O–H groups in total. The molecule has 0 radical (unpaired) electrons. The van der Waals surface area contributed by atoms with Crippen LogP contribution in [-0.4, -0.2) is 40.9 Å². The molecule has 0 unspecified atom stereocenters. The minimum absolute atomic E-state index is 0.0993. The lowest BCUT2D eigenvalue weighted by atomic mass is 10.2. The van der Waals surface area contributed by atoms with Crippen molar-refractivity contribution in [3.8, 4) is 0 Å². The first-order valence-electron chi connectivity index (χ1n) is 7.07. The second kappa shape index (κ2) is 6.25. The van der Waals surface area contributed by atoms with Gasteiger partial charge in [-0.1, -0.05) is 23.2 Å². The minimum Gasteiger partial charge on any atom is -0.366 e. The van der Waals surface area contributed by atoms with Crippen LogP contribution in [0.2, 0.25) is 10.0 Å². The van der Waals surface area contributed by atoms with E-state index < -0.39 is 4.92 Å². The summed E-state index contributed by atoms with van der Waals surface area (Å²) in [4.78, 5) is 14.6. The molecule has 1 aromatic carbocycles. The number of nitro benzene ring substituents is 1. The van der Waals surface area contributed by atoms with Crippen molar-refractivity contribution in [1.29, 1.82) is 0 Å². The highest BCUT2D eigenvalue weighted by Crippen LogP contribution is 2.38. The fourth-order valence-corrected chi connectivity index (χ4v) is 3.43. The molecule has 0 saturated carbocycles. The molecule has 122 valence electrons. The number of anilines is 2. The number of halogens is 2. The van der Waals surface area contributed by atoms with Gasteiger partial charge in [0.2, 0.25) is 0 Å². The van der Waals surface area contributed by atoms with E-state index in [4.69, 9.17) is 23.2 Å². The number of aryl methyl sites for hydroxylation is 1. The fourth-order valence-electron chi connectivity index (χ4n) is 2.72. The van der Waals surface area contributed by atoms with Gasteiger partial charge in [-0.15, -0.1) is 0 Å². The standard InChI is InChI=1S/C14H15Cl2N5O2/c1-18-9-11(8-17-18)19-2-4-20(5-3-19)14-12(15)6-10(21(22)23)7-13(14)16/h6-9H,2-5H2,1H3. The quantitative estimate of drug-likeness (QED) is 0.625. The van der Waals surface area contributed by atoms with Gasteiger partial charge in [0.15, 0.2) is 0 Å². The lowest BCUT2D eigenvalue weighted by molar-refractivity contribution is -0.384. The largest absolute Gasteiger partial charge is 0.366 e. The van der Waals surface area contributed by atoms with E-state index in [1.807, 2.05) is 19.4 Å². The molecule has 23 heavy (non-hydrogen) atoms. The molecule has 2 aromatic rings. The molecule has 0 aliphatic carbocycles. The zero-order valence-corrected chi connectivity index (χ0v) is 14.0. The summed E-state index contributed by atoms with van der Waals surface area (Å²) in [6.07, 6.45) is 3.81. The van der Waals surface area contributed by atoms with Crippen molar-refractivity contribution >= 4 is 40.3 Å². The Morgan fingerprint density at radius 2 is 1.70 bits per heavy atom. The molecule has 1 saturated heterocycles. The lowest BCUT2D eigenvalue weighted by Crippen LogP contribution is -2.46. The molecule has 1 aromatic heterocycles. The maximum absolute atomic E-state index is 10.9. The van der Waals surface area contributed by atoms with E-state index in [-0.39, 0.29) is 5.69 Å². The van der Waals surface area contributed by atoms with E-state index in [2.05, 4.69) is 14.9 Å². The van der Waals surface area contributed by atoms with Crippen LogP contribution in [0.3, 0.4) is 0 Å². The van der Waals surface area contributed by atoms with E-state index >= 15 is 0 Å². The minimum atomic E-state index is -0.498. The highest BCUT2D eigenvalue weighted by molar-refractivity contribution is 6.39. The Bertz CT molecular complexity index is 718. The average Bonchev–Trinajstić information content (AvgIpc) is 2.93. The number of benzene rings is 1. The van der Waals surface area contributed by atoms with Crippen molar-refractivity contribution in [1.82, 2.24) is 9.78 Å². The SMILES string of the molecule is Cn1cc(N2CCN(c3c(Cl)cc([N+](=O)[O-])cc3Cl)CC2)cn1. The Labute approximate surface area is 143 Å². The third-order valence-electron chi connectivity index (χ3n) is 3.86. The van der Waals surface area contributed by atoms with Crippen molar-refractivity contribution in [2.75, 3.05) is 36.0 Å². The van der Waals surface area contributed by atoms with Crippen LogP contribution >= 0.6 is 23.2 Å². The smallest absolute Gasteiger partial charge is 0.272 e. The van der Waals surface area contributed by atoms with Gasteiger partial charge in [0, 0.05) is 51.6 Å². The van der Waals surface area contributed by atoms with E-state index in [1.165, 1.54) is 12.1 Å². The van der Waals surface area contributed by atoms with Crippen LogP contribution in [0.25, 0.3) is 0 Å². The molecule has 9 heteroatoms. The second-order valence-electron chi connectivity index (χ2n) is 5.36. The zero-order valence-electron chi connectivity index (χ0n) is 12.4. The van der Waals surface area contributed by atoms with Crippen molar-refractivity contribution in [3.05, 3.63) is 44.7 Å². The molecule has 0 spiro atoms. The van der Waals surface area contributed by atoms with E-state index in [0.717, 1.165) is 31.9 Å². The summed E-state index contributed by atoms with van der Waals surface area (Å²) in [5.74, 6) is 0. The van der Waals surface area contributed by atoms with Crippen LogP contribution < -0.4 is 9.80 Å². The number of aromatic nitrogens is 2. The summed E-state index contributed by atoms with van der Waals surface area (Å²) in [6.45, 7) is 3.06. The van der Waals surface area contributed by atoms with E-state index in [9.17, 15) is 10.1 Å². The molecule has 7 nitrogen and oxygen atoms in total. The zero-order chi connectivity index (χ0) is 16.6. The van der Waals surface area contributed by atoms with E-state index in [1.54, 1.807) is 4.68 Å². The van der Waals surface area contributed by atoms with Crippen molar-refractivity contribution in [2.45, 2.75) is 0 Å². The van der Waals surface area contributed by atoms with Crippen LogP contribution in [0.1, 0.15) is 0 Å². The Hall–Kier alpha value is -1.99. The first-order valence-corrected chi connectivity index (χ1v) is 7.83. The van der Waals surface area contributed by atoms with Crippen molar-refractivity contribution in [2.24, 2.45) is 7.05 Å². The Kier molecular flexibility index (Phi) is 4.32. The fraction of sp³-hybridized carbons (Fsp3) is 0.357. The highest BCUT2D eigenvalue weighted by Gasteiger charge is 2.24. The highest BCUT2D eigenvalue weighted by atomic mass is 35.5. The number of hydrogen-bond acceptors (Lipinski definition) is 5. The topological polar surface area (TPSA) is 67.4 Å². The monoisotopic (exact) mass is 355 g/mol. The lowest BCUT2D eigenvalue weighted by Gasteiger charge is -2.37. The van der Waals surface area contributed by atoms with Crippen LogP contribution in [0.4, 0.5) is 17.1 Å². The van der Waals surface area contributed by atoms with Crippen molar-refractivity contribution in [3.63, 3.8) is 0 Å².